The van der Waals surface area contributed by atoms with Crippen molar-refractivity contribution in [1.29, 1.82) is 0 Å². The van der Waals surface area contributed by atoms with Gasteiger partial charge in [0.05, 0.1) is 12.7 Å². The maximum absolute atomic E-state index is 6.09. The number of rotatable bonds is 5. The molecule has 112 valence electrons. The lowest BCUT2D eigenvalue weighted by Gasteiger charge is -2.32. The molecule has 2 aliphatic rings. The quantitative estimate of drug-likeness (QED) is 0.760. The first-order chi connectivity index (χ1) is 9.15. The Labute approximate surface area is 119 Å². The Bertz CT molecular complexity index is 246. The second kappa shape index (κ2) is 7.64. The third-order valence-electron chi connectivity index (χ3n) is 5.11. The summed E-state index contributed by atoms with van der Waals surface area (Å²) >= 11 is 0. The second-order valence-electron chi connectivity index (χ2n) is 7.23. The smallest absolute Gasteiger partial charge is 0.0594 e. The van der Waals surface area contributed by atoms with Crippen molar-refractivity contribution in [3.05, 3.63) is 0 Å². The van der Waals surface area contributed by atoms with Crippen LogP contribution < -0.4 is 5.32 Å². The van der Waals surface area contributed by atoms with E-state index in [4.69, 9.17) is 4.74 Å². The summed E-state index contributed by atoms with van der Waals surface area (Å²) in [6.07, 6.45) is 10.0. The van der Waals surface area contributed by atoms with Crippen molar-refractivity contribution < 1.29 is 4.74 Å². The zero-order valence-electron chi connectivity index (χ0n) is 13.2. The van der Waals surface area contributed by atoms with Gasteiger partial charge in [0.25, 0.3) is 0 Å². The summed E-state index contributed by atoms with van der Waals surface area (Å²) in [6.45, 7) is 9.06. The van der Waals surface area contributed by atoms with E-state index in [0.29, 0.717) is 6.10 Å². The van der Waals surface area contributed by atoms with Gasteiger partial charge in [0.2, 0.25) is 0 Å². The van der Waals surface area contributed by atoms with Crippen molar-refractivity contribution >= 4 is 0 Å². The molecule has 2 nitrogen and oxygen atoms in total. The maximum Gasteiger partial charge on any atom is 0.0594 e. The third kappa shape index (κ3) is 5.07. The van der Waals surface area contributed by atoms with Crippen LogP contribution in [0.3, 0.4) is 0 Å². The summed E-state index contributed by atoms with van der Waals surface area (Å²) in [4.78, 5) is 0. The minimum absolute atomic E-state index is 0.518. The van der Waals surface area contributed by atoms with E-state index in [-0.39, 0.29) is 0 Å². The lowest BCUT2D eigenvalue weighted by Crippen LogP contribution is -2.39. The van der Waals surface area contributed by atoms with E-state index in [1.807, 2.05) is 0 Å². The van der Waals surface area contributed by atoms with Gasteiger partial charge in [-0.25, -0.2) is 0 Å². The van der Waals surface area contributed by atoms with Crippen molar-refractivity contribution in [3.8, 4) is 0 Å². The van der Waals surface area contributed by atoms with Gasteiger partial charge in [0.1, 0.15) is 0 Å². The van der Waals surface area contributed by atoms with E-state index in [9.17, 15) is 0 Å². The molecule has 4 unspecified atom stereocenters. The van der Waals surface area contributed by atoms with Crippen LogP contribution in [-0.4, -0.2) is 25.3 Å². The van der Waals surface area contributed by atoms with Crippen LogP contribution in [0.1, 0.15) is 65.7 Å². The van der Waals surface area contributed by atoms with E-state index in [0.717, 1.165) is 36.9 Å². The minimum atomic E-state index is 0.518. The Kier molecular flexibility index (Phi) is 6.15. The fraction of sp³-hybridized carbons (Fsp3) is 1.00. The second-order valence-corrected chi connectivity index (χ2v) is 7.23. The van der Waals surface area contributed by atoms with Crippen LogP contribution in [-0.2, 0) is 4.74 Å². The molecule has 0 amide bonds. The van der Waals surface area contributed by atoms with E-state index < -0.39 is 0 Å². The molecule has 2 fully saturated rings. The summed E-state index contributed by atoms with van der Waals surface area (Å²) < 4.78 is 6.09. The highest BCUT2D eigenvalue weighted by atomic mass is 16.5. The molecule has 0 aliphatic heterocycles. The normalized spacial score (nSPS) is 40.3. The monoisotopic (exact) mass is 267 g/mol. The molecule has 0 heterocycles. The SMILES string of the molecule is CC1CC(C)CC(OCCNC2CCCCC2C)C1. The van der Waals surface area contributed by atoms with Gasteiger partial charge < -0.3 is 10.1 Å². The predicted octanol–water partition coefficient (Wildman–Crippen LogP) is 4.00. The molecular formula is C17H33NO. The largest absolute Gasteiger partial charge is 0.377 e. The van der Waals surface area contributed by atoms with E-state index in [2.05, 4.69) is 26.1 Å². The topological polar surface area (TPSA) is 21.3 Å². The van der Waals surface area contributed by atoms with Gasteiger partial charge in [-0.2, -0.15) is 0 Å². The van der Waals surface area contributed by atoms with Crippen LogP contribution in [0.4, 0.5) is 0 Å². The average Bonchev–Trinajstić information content (AvgIpc) is 2.35. The molecule has 19 heavy (non-hydrogen) atoms. The van der Waals surface area contributed by atoms with Gasteiger partial charge in [0, 0.05) is 12.6 Å². The zero-order chi connectivity index (χ0) is 13.7. The van der Waals surface area contributed by atoms with E-state index >= 15 is 0 Å². The molecule has 0 aromatic heterocycles. The van der Waals surface area contributed by atoms with Crippen LogP contribution in [0, 0.1) is 17.8 Å². The molecule has 0 radical (unpaired) electrons. The van der Waals surface area contributed by atoms with E-state index in [1.165, 1.54) is 44.9 Å². The first-order valence-corrected chi connectivity index (χ1v) is 8.50. The van der Waals surface area contributed by atoms with Gasteiger partial charge >= 0.3 is 0 Å². The van der Waals surface area contributed by atoms with Crippen molar-refractivity contribution in [2.24, 2.45) is 17.8 Å². The van der Waals surface area contributed by atoms with Gasteiger partial charge in [-0.3, -0.25) is 0 Å². The highest BCUT2D eigenvalue weighted by molar-refractivity contribution is 4.78. The van der Waals surface area contributed by atoms with Crippen LogP contribution in [0.2, 0.25) is 0 Å². The van der Waals surface area contributed by atoms with Gasteiger partial charge in [-0.15, -0.1) is 0 Å². The van der Waals surface area contributed by atoms with Crippen molar-refractivity contribution in [2.75, 3.05) is 13.2 Å². The van der Waals surface area contributed by atoms with Crippen molar-refractivity contribution in [2.45, 2.75) is 77.9 Å². The lowest BCUT2D eigenvalue weighted by molar-refractivity contribution is 0.00120. The molecule has 0 aromatic carbocycles. The highest BCUT2D eigenvalue weighted by Crippen LogP contribution is 2.30. The first kappa shape index (κ1) is 15.3. The first-order valence-electron chi connectivity index (χ1n) is 8.50. The van der Waals surface area contributed by atoms with Gasteiger partial charge in [-0.1, -0.05) is 33.6 Å². The van der Waals surface area contributed by atoms with Crippen LogP contribution in [0.25, 0.3) is 0 Å². The predicted molar refractivity (Wildman–Crippen MR) is 81.3 cm³/mol. The maximum atomic E-state index is 6.09. The average molecular weight is 267 g/mol. The Morgan fingerprint density at radius 3 is 2.32 bits per heavy atom. The third-order valence-corrected chi connectivity index (χ3v) is 5.11. The standard InChI is InChI=1S/C17H33NO/c1-13-10-14(2)12-16(11-13)19-9-8-18-17-7-5-4-6-15(17)3/h13-18H,4-12H2,1-3H3. The fourth-order valence-electron chi connectivity index (χ4n) is 4.10. The van der Waals surface area contributed by atoms with Gasteiger partial charge in [0.15, 0.2) is 0 Å². The molecule has 2 heteroatoms. The minimum Gasteiger partial charge on any atom is -0.377 e. The zero-order valence-corrected chi connectivity index (χ0v) is 13.2. The summed E-state index contributed by atoms with van der Waals surface area (Å²) in [6, 6.07) is 0.738. The molecule has 2 aliphatic carbocycles. The molecule has 0 bridgehead atoms. The van der Waals surface area contributed by atoms with Crippen LogP contribution in [0.5, 0.6) is 0 Å². The molecule has 0 saturated heterocycles. The number of hydrogen-bond acceptors (Lipinski definition) is 2. The molecule has 0 spiro atoms. The number of nitrogens with one attached hydrogen (secondary N) is 1. The highest BCUT2D eigenvalue weighted by Gasteiger charge is 2.24. The molecule has 4 atom stereocenters. The number of ether oxygens (including phenoxy) is 1. The summed E-state index contributed by atoms with van der Waals surface area (Å²) in [5.41, 5.74) is 0. The van der Waals surface area contributed by atoms with Gasteiger partial charge in [-0.05, 0) is 49.9 Å². The molecule has 1 N–H and O–H groups in total. The summed E-state index contributed by atoms with van der Waals surface area (Å²) in [7, 11) is 0. The fourth-order valence-corrected chi connectivity index (χ4v) is 4.10. The van der Waals surface area contributed by atoms with E-state index in [1.54, 1.807) is 0 Å². The molecule has 2 saturated carbocycles. The Hall–Kier alpha value is -0.0800. The van der Waals surface area contributed by atoms with Crippen molar-refractivity contribution in [3.63, 3.8) is 0 Å². The van der Waals surface area contributed by atoms with Crippen LogP contribution in [0.15, 0.2) is 0 Å². The number of hydrogen-bond donors (Lipinski definition) is 1. The van der Waals surface area contributed by atoms with Crippen molar-refractivity contribution in [1.82, 2.24) is 5.32 Å². The molecule has 2 rings (SSSR count). The molecule has 0 aromatic rings. The molecular weight excluding hydrogens is 234 g/mol. The Morgan fingerprint density at radius 1 is 0.947 bits per heavy atom. The Balaban J connectivity index is 1.58. The van der Waals surface area contributed by atoms with Crippen LogP contribution >= 0.6 is 0 Å². The Morgan fingerprint density at radius 2 is 1.63 bits per heavy atom. The summed E-state index contributed by atoms with van der Waals surface area (Å²) in [5.74, 6) is 2.55. The summed E-state index contributed by atoms with van der Waals surface area (Å²) in [5, 5.41) is 3.71. The lowest BCUT2D eigenvalue weighted by atomic mass is 9.82.